The lowest BCUT2D eigenvalue weighted by molar-refractivity contribution is 0.0983. The van der Waals surface area contributed by atoms with Crippen molar-refractivity contribution in [3.63, 3.8) is 0 Å². The Balaban J connectivity index is 1.71. The molecular formula is C22H19N3O2. The van der Waals surface area contributed by atoms with Gasteiger partial charge in [0.25, 0.3) is 5.91 Å². The Morgan fingerprint density at radius 3 is 2.59 bits per heavy atom. The van der Waals surface area contributed by atoms with Gasteiger partial charge >= 0.3 is 0 Å². The third kappa shape index (κ3) is 4.50. The van der Waals surface area contributed by atoms with E-state index in [1.807, 2.05) is 55.5 Å². The summed E-state index contributed by atoms with van der Waals surface area (Å²) in [6, 6.07) is 17.1. The van der Waals surface area contributed by atoms with Crippen molar-refractivity contribution in [3.05, 3.63) is 83.8 Å². The van der Waals surface area contributed by atoms with Gasteiger partial charge in [-0.3, -0.25) is 4.79 Å². The van der Waals surface area contributed by atoms with Gasteiger partial charge in [-0.25, -0.2) is 9.97 Å². The molecule has 0 saturated heterocycles. The molecule has 0 aliphatic carbocycles. The lowest BCUT2D eigenvalue weighted by atomic mass is 10.2. The molecule has 1 aromatic heterocycles. The van der Waals surface area contributed by atoms with Crippen LogP contribution >= 0.6 is 0 Å². The van der Waals surface area contributed by atoms with Gasteiger partial charge in [0.1, 0.15) is 12.3 Å². The molecule has 0 aliphatic rings. The van der Waals surface area contributed by atoms with Crippen LogP contribution in [0.25, 0.3) is 0 Å². The number of aromatic nitrogens is 2. The summed E-state index contributed by atoms with van der Waals surface area (Å²) >= 11 is 0. The van der Waals surface area contributed by atoms with E-state index >= 15 is 0 Å². The maximum absolute atomic E-state index is 12.8. The second-order valence-electron chi connectivity index (χ2n) is 5.76. The number of nitrogens with zero attached hydrogens (tertiary/aromatic N) is 3. The van der Waals surface area contributed by atoms with Crippen LogP contribution in [-0.2, 0) is 6.61 Å². The van der Waals surface area contributed by atoms with Crippen LogP contribution in [0.1, 0.15) is 28.5 Å². The standard InChI is InChI=1S/C22H19N3O2/c1-3-17-11-8-12-19(13-17)25(4-2)22(26)20-14-24-21(15-23-20)27-16-18-9-6-5-7-10-18/h1,5-15H,4,16H2,2H3. The van der Waals surface area contributed by atoms with Gasteiger partial charge in [0.2, 0.25) is 5.88 Å². The fourth-order valence-corrected chi connectivity index (χ4v) is 2.58. The molecule has 0 bridgehead atoms. The molecule has 0 unspecified atom stereocenters. The van der Waals surface area contributed by atoms with Crippen LogP contribution < -0.4 is 9.64 Å². The summed E-state index contributed by atoms with van der Waals surface area (Å²) < 4.78 is 5.61. The lowest BCUT2D eigenvalue weighted by Gasteiger charge is -2.20. The quantitative estimate of drug-likeness (QED) is 0.631. The molecule has 3 rings (SSSR count). The predicted molar refractivity (Wildman–Crippen MR) is 105 cm³/mol. The number of benzene rings is 2. The van der Waals surface area contributed by atoms with Crippen LogP contribution in [0.15, 0.2) is 67.0 Å². The van der Waals surface area contributed by atoms with Crippen molar-refractivity contribution in [2.24, 2.45) is 0 Å². The fraction of sp³-hybridized carbons (Fsp3) is 0.136. The number of hydrogen-bond acceptors (Lipinski definition) is 4. The first-order chi connectivity index (χ1) is 13.2. The molecule has 0 spiro atoms. The van der Waals surface area contributed by atoms with E-state index in [-0.39, 0.29) is 11.6 Å². The van der Waals surface area contributed by atoms with Gasteiger partial charge < -0.3 is 9.64 Å². The van der Waals surface area contributed by atoms with E-state index in [0.717, 1.165) is 16.8 Å². The van der Waals surface area contributed by atoms with Crippen molar-refractivity contribution >= 4 is 11.6 Å². The number of carbonyl (C=O) groups excluding carboxylic acids is 1. The topological polar surface area (TPSA) is 55.3 Å². The summed E-state index contributed by atoms with van der Waals surface area (Å²) in [5.41, 5.74) is 2.72. The Kier molecular flexibility index (Phi) is 5.80. The van der Waals surface area contributed by atoms with Crippen LogP contribution in [0, 0.1) is 12.3 Å². The zero-order valence-electron chi connectivity index (χ0n) is 15.0. The summed E-state index contributed by atoms with van der Waals surface area (Å²) in [7, 11) is 0. The molecule has 27 heavy (non-hydrogen) atoms. The van der Waals surface area contributed by atoms with Gasteiger partial charge in [-0.15, -0.1) is 6.42 Å². The minimum atomic E-state index is -0.242. The van der Waals surface area contributed by atoms with Crippen LogP contribution in [0.3, 0.4) is 0 Å². The molecular weight excluding hydrogens is 338 g/mol. The van der Waals surface area contributed by atoms with Gasteiger partial charge in [0.05, 0.1) is 12.4 Å². The molecule has 1 heterocycles. The Morgan fingerprint density at radius 2 is 1.93 bits per heavy atom. The number of amides is 1. The lowest BCUT2D eigenvalue weighted by Crippen LogP contribution is -2.31. The first kappa shape index (κ1) is 18.2. The molecule has 2 aromatic carbocycles. The summed E-state index contributed by atoms with van der Waals surface area (Å²) in [6.45, 7) is 2.77. The second kappa shape index (κ2) is 8.63. The molecule has 0 aliphatic heterocycles. The molecule has 0 saturated carbocycles. The molecule has 5 heteroatoms. The zero-order chi connectivity index (χ0) is 19.1. The Morgan fingerprint density at radius 1 is 1.11 bits per heavy atom. The van der Waals surface area contributed by atoms with Gasteiger partial charge in [0, 0.05) is 17.8 Å². The maximum atomic E-state index is 12.8. The highest BCUT2D eigenvalue weighted by molar-refractivity contribution is 6.04. The normalized spacial score (nSPS) is 10.1. The smallest absolute Gasteiger partial charge is 0.278 e. The van der Waals surface area contributed by atoms with E-state index in [0.29, 0.717) is 19.0 Å². The largest absolute Gasteiger partial charge is 0.472 e. The third-order valence-electron chi connectivity index (χ3n) is 3.96. The first-order valence-electron chi connectivity index (χ1n) is 8.58. The number of terminal acetylenes is 1. The third-order valence-corrected chi connectivity index (χ3v) is 3.96. The van der Waals surface area contributed by atoms with E-state index < -0.39 is 0 Å². The molecule has 134 valence electrons. The molecule has 0 N–H and O–H groups in total. The molecule has 3 aromatic rings. The highest BCUT2D eigenvalue weighted by Crippen LogP contribution is 2.18. The van der Waals surface area contributed by atoms with Crippen molar-refractivity contribution < 1.29 is 9.53 Å². The molecule has 5 nitrogen and oxygen atoms in total. The Labute approximate surface area is 158 Å². The van der Waals surface area contributed by atoms with Gasteiger partial charge in [-0.1, -0.05) is 42.3 Å². The predicted octanol–water partition coefficient (Wildman–Crippen LogP) is 3.70. The van der Waals surface area contributed by atoms with Crippen molar-refractivity contribution in [3.8, 4) is 18.2 Å². The van der Waals surface area contributed by atoms with E-state index in [4.69, 9.17) is 11.2 Å². The number of rotatable bonds is 6. The van der Waals surface area contributed by atoms with Gasteiger partial charge in [0.15, 0.2) is 0 Å². The van der Waals surface area contributed by atoms with Crippen LogP contribution in [-0.4, -0.2) is 22.4 Å². The summed E-state index contributed by atoms with van der Waals surface area (Å²) in [6.07, 6.45) is 8.33. The number of anilines is 1. The SMILES string of the molecule is C#Cc1cccc(N(CC)C(=O)c2cnc(OCc3ccccc3)cn2)c1. The number of hydrogen-bond donors (Lipinski definition) is 0. The van der Waals surface area contributed by atoms with Gasteiger partial charge in [-0.05, 0) is 30.7 Å². The molecule has 0 radical (unpaired) electrons. The van der Waals surface area contributed by atoms with Crippen molar-refractivity contribution in [1.82, 2.24) is 9.97 Å². The van der Waals surface area contributed by atoms with Gasteiger partial charge in [-0.2, -0.15) is 0 Å². The minimum absolute atomic E-state index is 0.242. The Hall–Kier alpha value is -3.65. The van der Waals surface area contributed by atoms with E-state index in [1.165, 1.54) is 12.4 Å². The first-order valence-corrected chi connectivity index (χ1v) is 8.58. The summed E-state index contributed by atoms with van der Waals surface area (Å²) in [5.74, 6) is 2.70. The second-order valence-corrected chi connectivity index (χ2v) is 5.76. The van der Waals surface area contributed by atoms with E-state index in [1.54, 1.807) is 11.0 Å². The van der Waals surface area contributed by atoms with E-state index in [9.17, 15) is 4.79 Å². The average molecular weight is 357 g/mol. The summed E-state index contributed by atoms with van der Waals surface area (Å²) in [5, 5.41) is 0. The number of carbonyl (C=O) groups is 1. The monoisotopic (exact) mass is 357 g/mol. The zero-order valence-corrected chi connectivity index (χ0v) is 15.0. The van der Waals surface area contributed by atoms with Crippen LogP contribution in [0.2, 0.25) is 0 Å². The molecule has 0 atom stereocenters. The van der Waals surface area contributed by atoms with Crippen molar-refractivity contribution in [2.75, 3.05) is 11.4 Å². The van der Waals surface area contributed by atoms with Crippen molar-refractivity contribution in [2.45, 2.75) is 13.5 Å². The average Bonchev–Trinajstić information content (AvgIpc) is 2.74. The van der Waals surface area contributed by atoms with E-state index in [2.05, 4.69) is 15.9 Å². The molecule has 0 fully saturated rings. The van der Waals surface area contributed by atoms with Crippen LogP contribution in [0.5, 0.6) is 5.88 Å². The molecule has 1 amide bonds. The summed E-state index contributed by atoms with van der Waals surface area (Å²) in [4.78, 5) is 22.8. The highest BCUT2D eigenvalue weighted by atomic mass is 16.5. The van der Waals surface area contributed by atoms with Crippen LogP contribution in [0.4, 0.5) is 5.69 Å². The maximum Gasteiger partial charge on any atom is 0.278 e. The fourth-order valence-electron chi connectivity index (χ4n) is 2.58. The number of ether oxygens (including phenoxy) is 1. The highest BCUT2D eigenvalue weighted by Gasteiger charge is 2.18. The Bertz CT molecular complexity index is 947. The van der Waals surface area contributed by atoms with Crippen molar-refractivity contribution in [1.29, 1.82) is 0 Å². The minimum Gasteiger partial charge on any atom is -0.472 e.